The number of rotatable bonds is 9. The summed E-state index contributed by atoms with van der Waals surface area (Å²) in [6.45, 7) is 6.91. The quantitative estimate of drug-likeness (QED) is 0.559. The molecule has 0 radical (unpaired) electrons. The number of carbonyl (C=O) groups is 2. The second-order valence-electron chi connectivity index (χ2n) is 6.55. The van der Waals surface area contributed by atoms with Gasteiger partial charge in [-0.05, 0) is 74.2 Å². The van der Waals surface area contributed by atoms with Crippen LogP contribution in [0.4, 0.5) is 0 Å². The van der Waals surface area contributed by atoms with Gasteiger partial charge in [-0.2, -0.15) is 0 Å². The Morgan fingerprint density at radius 1 is 0.964 bits per heavy atom. The van der Waals surface area contributed by atoms with Crippen LogP contribution in [-0.2, 0) is 22.4 Å². The van der Waals surface area contributed by atoms with E-state index in [1.165, 1.54) is 37.1 Å². The first-order valence-corrected chi connectivity index (χ1v) is 9.44. The molecule has 0 amide bonds. The van der Waals surface area contributed by atoms with E-state index < -0.39 is 11.9 Å². The van der Waals surface area contributed by atoms with Crippen LogP contribution in [-0.4, -0.2) is 50.2 Å². The molecule has 0 aromatic heterocycles. The fraction of sp³-hybridized carbons (Fsp3) is 0.524. The number of nitrogens with zero attached hydrogens (tertiary/aromatic N) is 1. The summed E-state index contributed by atoms with van der Waals surface area (Å²) in [6, 6.07) is 4.95. The van der Waals surface area contributed by atoms with E-state index in [1.807, 2.05) is 0 Å². The van der Waals surface area contributed by atoms with Crippen LogP contribution in [0.1, 0.15) is 37.8 Å². The number of carboxylic acids is 2. The first kappa shape index (κ1) is 23.5. The number of ether oxygens (including phenoxy) is 2. The number of benzene rings is 1. The van der Waals surface area contributed by atoms with Crippen molar-refractivity contribution in [3.63, 3.8) is 0 Å². The Balaban J connectivity index is 0.000000416. The highest BCUT2D eigenvalue weighted by molar-refractivity contribution is 5.87. The second kappa shape index (κ2) is 12.0. The molecule has 2 rings (SSSR count). The van der Waals surface area contributed by atoms with Crippen molar-refractivity contribution < 1.29 is 29.3 Å². The maximum atomic E-state index is 9.41. The van der Waals surface area contributed by atoms with Crippen LogP contribution in [0, 0.1) is 0 Å². The van der Waals surface area contributed by atoms with Gasteiger partial charge in [0.05, 0.1) is 26.2 Å². The number of hydrogen-bond donors (Lipinski definition) is 0. The van der Waals surface area contributed by atoms with Gasteiger partial charge in [-0.25, -0.2) is 0 Å². The minimum absolute atomic E-state index is 0.384. The molecule has 0 saturated carbocycles. The summed E-state index contributed by atoms with van der Waals surface area (Å²) in [5, 5.41) is 18.8. The van der Waals surface area contributed by atoms with Gasteiger partial charge in [-0.15, -0.1) is 0 Å². The van der Waals surface area contributed by atoms with Gasteiger partial charge in [-0.3, -0.25) is 4.90 Å². The maximum Gasteiger partial charge on any atom is 0.161 e. The fourth-order valence-electron chi connectivity index (χ4n) is 3.37. The molecular weight excluding hydrogens is 362 g/mol. The molecule has 1 aliphatic carbocycles. The van der Waals surface area contributed by atoms with E-state index in [-0.39, 0.29) is 0 Å². The van der Waals surface area contributed by atoms with Gasteiger partial charge in [0.15, 0.2) is 11.5 Å². The Kier molecular flexibility index (Phi) is 10.1. The average molecular weight is 391 g/mol. The fourth-order valence-corrected chi connectivity index (χ4v) is 3.37. The standard InChI is InChI=1S/C17H27NO2.C4H4O4/c1-5-7-18(8-6-2)15-9-13-11-16(19-3)17(20-4)12-14(13)10-15;5-3(6)1-2-4(7)8/h11-12,15H,5-10H2,1-4H3;1-2H,(H,5,6)(H,7,8)/p-2/b;2-1-. The number of fused-ring (bicyclic) bond motifs is 1. The van der Waals surface area contributed by atoms with Crippen molar-refractivity contribution in [3.8, 4) is 11.5 Å². The lowest BCUT2D eigenvalue weighted by Gasteiger charge is -2.27. The summed E-state index contributed by atoms with van der Waals surface area (Å²) in [4.78, 5) is 21.5. The highest BCUT2D eigenvalue weighted by atomic mass is 16.5. The van der Waals surface area contributed by atoms with Crippen molar-refractivity contribution in [2.45, 2.75) is 45.6 Å². The molecule has 0 heterocycles. The number of carbonyl (C=O) groups excluding carboxylic acids is 2. The lowest BCUT2D eigenvalue weighted by molar-refractivity contribution is -0.301. The van der Waals surface area contributed by atoms with E-state index in [2.05, 4.69) is 30.9 Å². The number of carboxylic acid groups (broad SMARTS) is 2. The van der Waals surface area contributed by atoms with Crippen molar-refractivity contribution in [3.05, 3.63) is 35.4 Å². The van der Waals surface area contributed by atoms with E-state index >= 15 is 0 Å². The van der Waals surface area contributed by atoms with E-state index in [9.17, 15) is 19.8 Å². The van der Waals surface area contributed by atoms with Crippen molar-refractivity contribution >= 4 is 11.9 Å². The van der Waals surface area contributed by atoms with Crippen LogP contribution >= 0.6 is 0 Å². The van der Waals surface area contributed by atoms with Gasteiger partial charge in [0.2, 0.25) is 0 Å². The maximum absolute atomic E-state index is 9.41. The summed E-state index contributed by atoms with van der Waals surface area (Å²) < 4.78 is 10.8. The molecule has 1 aromatic rings. The molecule has 7 nitrogen and oxygen atoms in total. The first-order chi connectivity index (χ1) is 13.4. The van der Waals surface area contributed by atoms with Crippen molar-refractivity contribution in [2.24, 2.45) is 0 Å². The molecule has 156 valence electrons. The first-order valence-electron chi connectivity index (χ1n) is 9.44. The molecule has 0 saturated heterocycles. The molecule has 1 aromatic carbocycles. The van der Waals surface area contributed by atoms with Gasteiger partial charge >= 0.3 is 0 Å². The van der Waals surface area contributed by atoms with E-state index in [0.29, 0.717) is 18.2 Å². The number of hydrogen-bond acceptors (Lipinski definition) is 7. The zero-order valence-electron chi connectivity index (χ0n) is 17.0. The Bertz CT molecular complexity index is 631. The third-order valence-corrected chi connectivity index (χ3v) is 4.51. The summed E-state index contributed by atoms with van der Waals surface area (Å²) in [6.07, 6.45) is 5.48. The number of aliphatic carboxylic acids is 2. The van der Waals surface area contributed by atoms with Gasteiger partial charge in [0.25, 0.3) is 0 Å². The van der Waals surface area contributed by atoms with Crippen LogP contribution < -0.4 is 19.7 Å². The highest BCUT2D eigenvalue weighted by Gasteiger charge is 2.27. The van der Waals surface area contributed by atoms with E-state index in [4.69, 9.17) is 9.47 Å². The van der Waals surface area contributed by atoms with Crippen LogP contribution in [0.5, 0.6) is 11.5 Å². The molecule has 0 unspecified atom stereocenters. The average Bonchev–Trinajstić information content (AvgIpc) is 3.08. The van der Waals surface area contributed by atoms with Crippen molar-refractivity contribution in [1.82, 2.24) is 4.90 Å². The van der Waals surface area contributed by atoms with Crippen LogP contribution in [0.3, 0.4) is 0 Å². The lowest BCUT2D eigenvalue weighted by Crippen LogP contribution is -2.37. The third kappa shape index (κ3) is 7.23. The van der Waals surface area contributed by atoms with Gasteiger partial charge in [0.1, 0.15) is 0 Å². The van der Waals surface area contributed by atoms with Crippen molar-refractivity contribution in [2.75, 3.05) is 27.3 Å². The molecule has 0 atom stereocenters. The minimum atomic E-state index is -1.55. The summed E-state index contributed by atoms with van der Waals surface area (Å²) >= 11 is 0. The predicted molar refractivity (Wildman–Crippen MR) is 102 cm³/mol. The number of methoxy groups -OCH3 is 2. The highest BCUT2D eigenvalue weighted by Crippen LogP contribution is 2.36. The molecule has 0 N–H and O–H groups in total. The Morgan fingerprint density at radius 3 is 1.64 bits per heavy atom. The smallest absolute Gasteiger partial charge is 0.161 e. The van der Waals surface area contributed by atoms with Gasteiger partial charge in [-0.1, -0.05) is 13.8 Å². The SMILES string of the molecule is CCCN(CCC)C1Cc2cc(OC)c(OC)cc2C1.O=C([O-])/C=C\C(=O)[O-]. The van der Waals surface area contributed by atoms with Crippen molar-refractivity contribution in [1.29, 1.82) is 0 Å². The molecular formula is C21H29NO6-2. The summed E-state index contributed by atoms with van der Waals surface area (Å²) in [7, 11) is 3.41. The predicted octanol–water partition coefficient (Wildman–Crippen LogP) is 0.335. The second-order valence-corrected chi connectivity index (χ2v) is 6.55. The molecule has 1 aliphatic rings. The lowest BCUT2D eigenvalue weighted by atomic mass is 10.1. The Labute approximate surface area is 166 Å². The third-order valence-electron chi connectivity index (χ3n) is 4.51. The Hall–Kier alpha value is -2.54. The van der Waals surface area contributed by atoms with Crippen LogP contribution in [0.2, 0.25) is 0 Å². The molecule has 0 aliphatic heterocycles. The Morgan fingerprint density at radius 2 is 1.36 bits per heavy atom. The molecule has 7 heteroatoms. The summed E-state index contributed by atoms with van der Waals surface area (Å²) in [5.41, 5.74) is 2.84. The largest absolute Gasteiger partial charge is 0.545 e. The monoisotopic (exact) mass is 391 g/mol. The zero-order valence-corrected chi connectivity index (χ0v) is 17.0. The zero-order chi connectivity index (χ0) is 21.1. The normalized spacial score (nSPS) is 13.2. The minimum Gasteiger partial charge on any atom is -0.545 e. The molecule has 28 heavy (non-hydrogen) atoms. The van der Waals surface area contributed by atoms with Crippen LogP contribution in [0.15, 0.2) is 24.3 Å². The van der Waals surface area contributed by atoms with E-state index in [0.717, 1.165) is 24.3 Å². The summed E-state index contributed by atoms with van der Waals surface area (Å²) in [5.74, 6) is -1.39. The van der Waals surface area contributed by atoms with Gasteiger partial charge in [0, 0.05) is 6.04 Å². The topological polar surface area (TPSA) is 102 Å². The van der Waals surface area contributed by atoms with Crippen LogP contribution in [0.25, 0.3) is 0 Å². The van der Waals surface area contributed by atoms with E-state index in [1.54, 1.807) is 14.2 Å². The molecule has 0 bridgehead atoms. The molecule has 0 fully saturated rings. The van der Waals surface area contributed by atoms with Gasteiger partial charge < -0.3 is 29.3 Å². The molecule has 0 spiro atoms.